The van der Waals surface area contributed by atoms with E-state index < -0.39 is 6.09 Å². The largest absolute Gasteiger partial charge is 0.465 e. The van der Waals surface area contributed by atoms with Gasteiger partial charge in [0.05, 0.1) is 0 Å². The summed E-state index contributed by atoms with van der Waals surface area (Å²) in [4.78, 5) is 13.2. The Hall–Kier alpha value is -0.770. The van der Waals surface area contributed by atoms with Crippen molar-refractivity contribution < 1.29 is 9.90 Å². The van der Waals surface area contributed by atoms with E-state index in [1.54, 1.807) is 0 Å². The van der Waals surface area contributed by atoms with Crippen LogP contribution in [0.2, 0.25) is 0 Å². The molecule has 1 unspecified atom stereocenters. The number of amides is 1. The predicted octanol–water partition coefficient (Wildman–Crippen LogP) is 2.79. The molecule has 18 heavy (non-hydrogen) atoms. The fraction of sp³-hybridized carbons (Fsp3) is 0.929. The van der Waals surface area contributed by atoms with Crippen LogP contribution in [0.25, 0.3) is 0 Å². The molecule has 0 aromatic carbocycles. The van der Waals surface area contributed by atoms with Gasteiger partial charge in [-0.2, -0.15) is 0 Å². The molecule has 4 heteroatoms. The van der Waals surface area contributed by atoms with Crippen LogP contribution in [0.5, 0.6) is 0 Å². The summed E-state index contributed by atoms with van der Waals surface area (Å²) in [6, 6.07) is 0.713. The summed E-state index contributed by atoms with van der Waals surface area (Å²) in [7, 11) is 4.25. The third-order valence-electron chi connectivity index (χ3n) is 4.16. The second-order valence-electron chi connectivity index (χ2n) is 6.83. The van der Waals surface area contributed by atoms with Crippen LogP contribution in [-0.4, -0.2) is 42.3 Å². The van der Waals surface area contributed by atoms with Gasteiger partial charge in [-0.05, 0) is 51.1 Å². The van der Waals surface area contributed by atoms with Crippen LogP contribution in [0.15, 0.2) is 0 Å². The molecule has 0 bridgehead atoms. The molecule has 1 aliphatic rings. The number of nitrogens with zero attached hydrogens (tertiary/aromatic N) is 1. The average Bonchev–Trinajstić information content (AvgIpc) is 2.24. The monoisotopic (exact) mass is 256 g/mol. The lowest BCUT2D eigenvalue weighted by Crippen LogP contribution is -2.50. The van der Waals surface area contributed by atoms with Gasteiger partial charge < -0.3 is 15.3 Å². The maximum Gasteiger partial charge on any atom is 0.404 e. The molecule has 0 radical (unpaired) electrons. The van der Waals surface area contributed by atoms with E-state index in [-0.39, 0.29) is 11.5 Å². The molecule has 106 valence electrons. The minimum Gasteiger partial charge on any atom is -0.465 e. The molecular formula is C14H28N2O2. The van der Waals surface area contributed by atoms with Crippen molar-refractivity contribution in [3.63, 3.8) is 0 Å². The van der Waals surface area contributed by atoms with Gasteiger partial charge in [-0.25, -0.2) is 4.79 Å². The van der Waals surface area contributed by atoms with Crippen LogP contribution in [0.4, 0.5) is 4.79 Å². The first kappa shape index (κ1) is 15.3. The van der Waals surface area contributed by atoms with Crippen LogP contribution in [0.3, 0.4) is 0 Å². The molecule has 2 N–H and O–H groups in total. The molecule has 1 amide bonds. The normalized spacial score (nSPS) is 27.0. The summed E-state index contributed by atoms with van der Waals surface area (Å²) in [6.45, 7) is 6.35. The van der Waals surface area contributed by atoms with Crippen LogP contribution < -0.4 is 5.32 Å². The van der Waals surface area contributed by atoms with Crippen LogP contribution >= 0.6 is 0 Å². The average molecular weight is 256 g/mol. The zero-order valence-corrected chi connectivity index (χ0v) is 12.4. The van der Waals surface area contributed by atoms with Gasteiger partial charge in [0.25, 0.3) is 0 Å². The lowest BCUT2D eigenvalue weighted by atomic mass is 9.72. The van der Waals surface area contributed by atoms with Crippen molar-refractivity contribution in [2.24, 2.45) is 11.3 Å². The number of carboxylic acid groups (broad SMARTS) is 1. The predicted molar refractivity (Wildman–Crippen MR) is 73.8 cm³/mol. The molecule has 1 atom stereocenters. The Balaban J connectivity index is 2.63. The van der Waals surface area contributed by atoms with Gasteiger partial charge in [0, 0.05) is 12.1 Å². The zero-order chi connectivity index (χ0) is 13.9. The van der Waals surface area contributed by atoms with Crippen LogP contribution in [0.1, 0.15) is 46.5 Å². The molecule has 1 aliphatic carbocycles. The Morgan fingerprint density at radius 2 is 1.72 bits per heavy atom. The summed E-state index contributed by atoms with van der Waals surface area (Å²) in [6.07, 6.45) is 3.68. The molecule has 0 spiro atoms. The Labute approximate surface area is 111 Å². The van der Waals surface area contributed by atoms with E-state index in [9.17, 15) is 4.79 Å². The van der Waals surface area contributed by atoms with Gasteiger partial charge in [0.1, 0.15) is 0 Å². The maximum absolute atomic E-state index is 11.0. The van der Waals surface area contributed by atoms with Gasteiger partial charge in [-0.3, -0.25) is 0 Å². The molecule has 1 saturated carbocycles. The number of nitrogens with one attached hydrogen (secondary N) is 1. The van der Waals surface area contributed by atoms with Crippen molar-refractivity contribution in [2.45, 2.75) is 58.5 Å². The van der Waals surface area contributed by atoms with Crippen molar-refractivity contribution in [2.75, 3.05) is 14.1 Å². The summed E-state index contributed by atoms with van der Waals surface area (Å²) >= 11 is 0. The fourth-order valence-corrected chi connectivity index (χ4v) is 3.13. The van der Waals surface area contributed by atoms with Crippen molar-refractivity contribution in [3.05, 3.63) is 0 Å². The Bertz CT molecular complexity index is 276. The van der Waals surface area contributed by atoms with Gasteiger partial charge in [0.2, 0.25) is 0 Å². The smallest absolute Gasteiger partial charge is 0.404 e. The third-order valence-corrected chi connectivity index (χ3v) is 4.16. The summed E-state index contributed by atoms with van der Waals surface area (Å²) < 4.78 is 0. The van der Waals surface area contributed by atoms with E-state index in [0.29, 0.717) is 12.0 Å². The first-order valence-corrected chi connectivity index (χ1v) is 6.87. The van der Waals surface area contributed by atoms with Crippen molar-refractivity contribution in [1.82, 2.24) is 10.2 Å². The van der Waals surface area contributed by atoms with Gasteiger partial charge in [-0.15, -0.1) is 0 Å². The van der Waals surface area contributed by atoms with Crippen molar-refractivity contribution in [3.8, 4) is 0 Å². The molecule has 0 heterocycles. The van der Waals surface area contributed by atoms with E-state index in [2.05, 4.69) is 45.1 Å². The van der Waals surface area contributed by atoms with E-state index >= 15 is 0 Å². The second-order valence-corrected chi connectivity index (χ2v) is 6.83. The van der Waals surface area contributed by atoms with Crippen LogP contribution in [0, 0.1) is 11.3 Å². The molecule has 0 aliphatic heterocycles. The lowest BCUT2D eigenvalue weighted by molar-refractivity contribution is 0.112. The first-order chi connectivity index (χ1) is 8.21. The standard InChI is InChI=1S/C14H28N2O2/c1-14(2,3)12(15-13(17)18)10-6-8-11(9-7-10)16(4)5/h10-12,15H,6-9H2,1-5H3,(H,17,18)/t10-,11-,12?. The van der Waals surface area contributed by atoms with Crippen LogP contribution in [-0.2, 0) is 0 Å². The van der Waals surface area contributed by atoms with Gasteiger partial charge in [-0.1, -0.05) is 20.8 Å². The number of carbonyl (C=O) groups is 1. The quantitative estimate of drug-likeness (QED) is 0.816. The van der Waals surface area contributed by atoms with E-state index in [1.807, 2.05) is 0 Å². The highest BCUT2D eigenvalue weighted by Gasteiger charge is 2.36. The van der Waals surface area contributed by atoms with Crippen molar-refractivity contribution in [1.29, 1.82) is 0 Å². The second kappa shape index (κ2) is 5.91. The molecule has 0 saturated heterocycles. The van der Waals surface area contributed by atoms with Gasteiger partial charge >= 0.3 is 6.09 Å². The highest BCUT2D eigenvalue weighted by Crippen LogP contribution is 2.35. The molecule has 1 fully saturated rings. The summed E-state index contributed by atoms with van der Waals surface area (Å²) in [5.41, 5.74) is -0.0198. The zero-order valence-electron chi connectivity index (χ0n) is 12.4. The van der Waals surface area contributed by atoms with Gasteiger partial charge in [0.15, 0.2) is 0 Å². The fourth-order valence-electron chi connectivity index (χ4n) is 3.13. The lowest BCUT2D eigenvalue weighted by Gasteiger charge is -2.41. The molecule has 0 aromatic heterocycles. The highest BCUT2D eigenvalue weighted by atomic mass is 16.4. The first-order valence-electron chi connectivity index (χ1n) is 6.87. The molecule has 1 rings (SSSR count). The maximum atomic E-state index is 11.0. The Morgan fingerprint density at radius 3 is 2.06 bits per heavy atom. The van der Waals surface area contributed by atoms with E-state index in [4.69, 9.17) is 5.11 Å². The summed E-state index contributed by atoms with van der Waals surface area (Å²) in [5.74, 6) is 0.470. The number of hydrogen-bond donors (Lipinski definition) is 2. The molecular weight excluding hydrogens is 228 g/mol. The number of rotatable bonds is 3. The molecule has 4 nitrogen and oxygen atoms in total. The van der Waals surface area contributed by atoms with E-state index in [0.717, 1.165) is 12.8 Å². The Morgan fingerprint density at radius 1 is 1.22 bits per heavy atom. The third kappa shape index (κ3) is 4.16. The minimum absolute atomic E-state index is 0.0198. The van der Waals surface area contributed by atoms with E-state index in [1.165, 1.54) is 12.8 Å². The Kier molecular flexibility index (Phi) is 5.02. The summed E-state index contributed by atoms with van der Waals surface area (Å²) in [5, 5.41) is 11.7. The van der Waals surface area contributed by atoms with Crippen molar-refractivity contribution >= 4 is 6.09 Å². The minimum atomic E-state index is -0.898. The number of hydrogen-bond acceptors (Lipinski definition) is 2. The SMILES string of the molecule is CN(C)[C@H]1CC[C@H](C(NC(=O)O)C(C)(C)C)CC1. The molecule has 0 aromatic rings. The highest BCUT2D eigenvalue weighted by molar-refractivity contribution is 5.65. The topological polar surface area (TPSA) is 52.6 Å².